The van der Waals surface area contributed by atoms with Gasteiger partial charge in [0.2, 0.25) is 0 Å². The van der Waals surface area contributed by atoms with E-state index in [0.29, 0.717) is 19.6 Å². The monoisotopic (exact) mass is 857 g/mol. The zero-order valence-corrected chi connectivity index (χ0v) is 41.4. The highest BCUT2D eigenvalue weighted by molar-refractivity contribution is 5.69. The van der Waals surface area contributed by atoms with Crippen molar-refractivity contribution in [2.45, 2.75) is 302 Å². The second kappa shape index (κ2) is 54.7. The Hall–Kier alpha value is -1.39. The summed E-state index contributed by atoms with van der Waals surface area (Å²) in [6, 6.07) is 0. The zero-order chi connectivity index (χ0) is 44.0. The lowest BCUT2D eigenvalue weighted by molar-refractivity contribution is -0.154. The van der Waals surface area contributed by atoms with Crippen LogP contribution in [0.4, 0.5) is 0 Å². The van der Waals surface area contributed by atoms with Gasteiger partial charge in [0.15, 0.2) is 0 Å². The van der Waals surface area contributed by atoms with Crippen molar-refractivity contribution in [1.82, 2.24) is 0 Å². The molecule has 0 rings (SSSR count). The van der Waals surface area contributed by atoms with Gasteiger partial charge in [0.05, 0.1) is 13.2 Å². The first-order valence-corrected chi connectivity index (χ1v) is 27.6. The van der Waals surface area contributed by atoms with Gasteiger partial charge in [-0.25, -0.2) is 0 Å². The van der Waals surface area contributed by atoms with Crippen LogP contribution in [0.15, 0.2) is 36.5 Å². The molecule has 0 aliphatic heterocycles. The maximum atomic E-state index is 12.3. The van der Waals surface area contributed by atoms with Crippen LogP contribution in [0.5, 0.6) is 0 Å². The number of aliphatic hydroxyl groups excluding tert-OH is 1. The molecule has 4 nitrogen and oxygen atoms in total. The Morgan fingerprint density at radius 3 is 1.03 bits per heavy atom. The molecular weight excluding hydrogens is 749 g/mol. The van der Waals surface area contributed by atoms with E-state index in [9.17, 15) is 9.90 Å². The summed E-state index contributed by atoms with van der Waals surface area (Å²) in [7, 11) is 0. The molecular formula is C57H108O4. The topological polar surface area (TPSA) is 55.8 Å². The Morgan fingerprint density at radius 2 is 0.689 bits per heavy atom. The molecule has 360 valence electrons. The minimum absolute atomic E-state index is 0.171. The molecule has 0 aromatic carbocycles. The average Bonchev–Trinajstić information content (AvgIpc) is 3.27. The summed E-state index contributed by atoms with van der Waals surface area (Å²) < 4.78 is 11.2. The van der Waals surface area contributed by atoms with Crippen molar-refractivity contribution in [3.8, 4) is 0 Å². The summed E-state index contributed by atoms with van der Waals surface area (Å²) >= 11 is 0. The molecule has 1 atom stereocenters. The molecule has 0 aromatic rings. The van der Waals surface area contributed by atoms with Crippen LogP contribution in [0, 0.1) is 0 Å². The number of unbranched alkanes of at least 4 members (excludes halogenated alkanes) is 38. The SMILES string of the molecule is CCCCCCC/C=C\C/C=C\C/C=C\CCCCCCCCCCC(=O)OC(CO)COCCCCCCCCCCCCCCCCCCCCCCCCCCCC. The third-order valence-electron chi connectivity index (χ3n) is 12.5. The summed E-state index contributed by atoms with van der Waals surface area (Å²) in [5.41, 5.74) is 0. The van der Waals surface area contributed by atoms with Crippen LogP contribution in [0.1, 0.15) is 296 Å². The predicted molar refractivity (Wildman–Crippen MR) is 270 cm³/mol. The van der Waals surface area contributed by atoms with E-state index in [1.165, 1.54) is 244 Å². The molecule has 0 aromatic heterocycles. The van der Waals surface area contributed by atoms with Gasteiger partial charge < -0.3 is 14.6 Å². The summed E-state index contributed by atoms with van der Waals surface area (Å²) in [5.74, 6) is -0.202. The third-order valence-corrected chi connectivity index (χ3v) is 12.5. The molecule has 0 saturated heterocycles. The van der Waals surface area contributed by atoms with Crippen molar-refractivity contribution in [1.29, 1.82) is 0 Å². The maximum Gasteiger partial charge on any atom is 0.306 e. The normalized spacial score (nSPS) is 12.5. The van der Waals surface area contributed by atoms with Gasteiger partial charge in [-0.3, -0.25) is 4.79 Å². The van der Waals surface area contributed by atoms with E-state index in [-0.39, 0.29) is 12.6 Å². The number of carbonyl (C=O) groups excluding carboxylic acids is 1. The zero-order valence-electron chi connectivity index (χ0n) is 41.4. The highest BCUT2D eigenvalue weighted by atomic mass is 16.6. The Morgan fingerprint density at radius 1 is 0.393 bits per heavy atom. The second-order valence-electron chi connectivity index (χ2n) is 18.7. The smallest absolute Gasteiger partial charge is 0.306 e. The van der Waals surface area contributed by atoms with Crippen molar-refractivity contribution in [2.24, 2.45) is 0 Å². The van der Waals surface area contributed by atoms with Gasteiger partial charge in [0, 0.05) is 13.0 Å². The highest BCUT2D eigenvalue weighted by Gasteiger charge is 2.13. The first kappa shape index (κ1) is 59.6. The maximum absolute atomic E-state index is 12.3. The molecule has 0 heterocycles. The number of esters is 1. The molecule has 1 unspecified atom stereocenters. The second-order valence-corrected chi connectivity index (χ2v) is 18.7. The quantitative estimate of drug-likeness (QED) is 0.0376. The van der Waals surface area contributed by atoms with E-state index in [1.54, 1.807) is 0 Å². The predicted octanol–water partition coefficient (Wildman–Crippen LogP) is 18.8. The fourth-order valence-electron chi connectivity index (χ4n) is 8.34. The first-order valence-electron chi connectivity index (χ1n) is 27.6. The molecule has 0 fully saturated rings. The molecule has 4 heteroatoms. The third kappa shape index (κ3) is 52.9. The van der Waals surface area contributed by atoms with Gasteiger partial charge >= 0.3 is 5.97 Å². The fourth-order valence-corrected chi connectivity index (χ4v) is 8.34. The molecule has 0 amide bonds. The number of aliphatic hydroxyl groups is 1. The molecule has 0 radical (unpaired) electrons. The van der Waals surface area contributed by atoms with Gasteiger partial charge in [-0.15, -0.1) is 0 Å². The van der Waals surface area contributed by atoms with E-state index < -0.39 is 6.10 Å². The van der Waals surface area contributed by atoms with Crippen molar-refractivity contribution in [3.63, 3.8) is 0 Å². The number of allylic oxidation sites excluding steroid dienone is 6. The van der Waals surface area contributed by atoms with Crippen LogP contribution >= 0.6 is 0 Å². The van der Waals surface area contributed by atoms with Gasteiger partial charge in [-0.05, 0) is 51.4 Å². The number of hydrogen-bond donors (Lipinski definition) is 1. The first-order chi connectivity index (χ1) is 30.2. The number of rotatable bonds is 52. The highest BCUT2D eigenvalue weighted by Crippen LogP contribution is 2.17. The van der Waals surface area contributed by atoms with Crippen LogP contribution in [0.2, 0.25) is 0 Å². The molecule has 0 spiro atoms. The van der Waals surface area contributed by atoms with E-state index in [0.717, 1.165) is 32.1 Å². The Bertz CT molecular complexity index is 909. The van der Waals surface area contributed by atoms with E-state index >= 15 is 0 Å². The minimum Gasteiger partial charge on any atom is -0.457 e. The van der Waals surface area contributed by atoms with Crippen molar-refractivity contribution < 1.29 is 19.4 Å². The van der Waals surface area contributed by atoms with Crippen LogP contribution in [-0.4, -0.2) is 37.0 Å². The molecule has 0 bridgehead atoms. The lowest BCUT2D eigenvalue weighted by Gasteiger charge is -2.16. The standard InChI is InChI=1S/C57H108O4/c1-3-5-7-9-11-13-15-17-19-21-23-25-27-28-29-31-33-35-37-39-41-43-45-47-49-51-53-60-55-56(54-58)61-57(59)52-50-48-46-44-42-40-38-36-34-32-30-26-24-22-20-18-16-14-12-10-8-6-4-2/h16,18,22,24,30,32,56,58H,3-15,17,19-21,23,25-29,31,33-55H2,1-2H3/b18-16-,24-22-,32-30-. The van der Waals surface area contributed by atoms with Crippen LogP contribution in [-0.2, 0) is 14.3 Å². The number of hydrogen-bond acceptors (Lipinski definition) is 4. The largest absolute Gasteiger partial charge is 0.457 e. The van der Waals surface area contributed by atoms with Crippen LogP contribution < -0.4 is 0 Å². The van der Waals surface area contributed by atoms with Gasteiger partial charge in [0.1, 0.15) is 6.10 Å². The lowest BCUT2D eigenvalue weighted by atomic mass is 10.0. The molecule has 0 saturated carbocycles. The number of ether oxygens (including phenoxy) is 2. The van der Waals surface area contributed by atoms with E-state index in [2.05, 4.69) is 50.3 Å². The Kier molecular flexibility index (Phi) is 53.5. The fraction of sp³-hybridized carbons (Fsp3) is 0.877. The van der Waals surface area contributed by atoms with Gasteiger partial charge in [-0.1, -0.05) is 275 Å². The minimum atomic E-state index is -0.537. The number of carbonyl (C=O) groups is 1. The molecule has 1 N–H and O–H groups in total. The molecule has 0 aliphatic carbocycles. The van der Waals surface area contributed by atoms with Crippen molar-refractivity contribution in [2.75, 3.05) is 19.8 Å². The summed E-state index contributed by atoms with van der Waals surface area (Å²) in [6.07, 6.45) is 71.1. The van der Waals surface area contributed by atoms with E-state index in [4.69, 9.17) is 9.47 Å². The lowest BCUT2D eigenvalue weighted by Crippen LogP contribution is -2.27. The molecule has 61 heavy (non-hydrogen) atoms. The van der Waals surface area contributed by atoms with Crippen molar-refractivity contribution in [3.05, 3.63) is 36.5 Å². The summed E-state index contributed by atoms with van der Waals surface area (Å²) in [5, 5.41) is 9.67. The molecule has 0 aliphatic rings. The van der Waals surface area contributed by atoms with Crippen molar-refractivity contribution >= 4 is 5.97 Å². The summed E-state index contributed by atoms with van der Waals surface area (Å²) in [6.45, 7) is 5.38. The Labute approximate surface area is 382 Å². The van der Waals surface area contributed by atoms with Crippen LogP contribution in [0.25, 0.3) is 0 Å². The van der Waals surface area contributed by atoms with Gasteiger partial charge in [-0.2, -0.15) is 0 Å². The van der Waals surface area contributed by atoms with E-state index in [1.807, 2.05) is 0 Å². The van der Waals surface area contributed by atoms with Crippen LogP contribution in [0.3, 0.4) is 0 Å². The van der Waals surface area contributed by atoms with Gasteiger partial charge in [0.25, 0.3) is 0 Å². The Balaban J connectivity index is 3.37. The average molecular weight is 857 g/mol. The summed E-state index contributed by atoms with van der Waals surface area (Å²) in [4.78, 5) is 12.3.